The summed E-state index contributed by atoms with van der Waals surface area (Å²) >= 11 is 7.51. The molecule has 1 amide bonds. The minimum absolute atomic E-state index is 0.108. The Labute approximate surface area is 101 Å². The van der Waals surface area contributed by atoms with E-state index in [4.69, 9.17) is 11.6 Å². The largest absolute Gasteiger partial charge is 0.325 e. The topological polar surface area (TPSA) is 42.0 Å². The van der Waals surface area contributed by atoms with E-state index in [0.717, 1.165) is 28.7 Å². The van der Waals surface area contributed by atoms with Crippen LogP contribution in [0.15, 0.2) is 17.6 Å². The number of carbonyl (C=O) groups is 1. The molecule has 1 aliphatic carbocycles. The van der Waals surface area contributed by atoms with Crippen molar-refractivity contribution in [2.75, 3.05) is 5.32 Å². The monoisotopic (exact) mass is 252 g/mol. The Morgan fingerprint density at radius 3 is 3.06 bits per heavy atom. The molecular weight excluding hydrogens is 244 g/mol. The molecule has 1 aromatic heterocycles. The number of nitrogens with one attached hydrogen (secondary N) is 1. The summed E-state index contributed by atoms with van der Waals surface area (Å²) in [5.41, 5.74) is 3.32. The number of aromatic nitrogens is 1. The average molecular weight is 253 g/mol. The van der Waals surface area contributed by atoms with Gasteiger partial charge in [0.2, 0.25) is 5.91 Å². The van der Waals surface area contributed by atoms with Crippen molar-refractivity contribution in [3.05, 3.63) is 22.7 Å². The molecule has 0 aliphatic heterocycles. The van der Waals surface area contributed by atoms with E-state index in [1.807, 2.05) is 6.07 Å². The van der Waals surface area contributed by atoms with Gasteiger partial charge in [0, 0.05) is 5.92 Å². The van der Waals surface area contributed by atoms with Gasteiger partial charge in [-0.15, -0.1) is 11.3 Å². The third kappa shape index (κ3) is 1.68. The highest BCUT2D eigenvalue weighted by Crippen LogP contribution is 2.34. The maximum Gasteiger partial charge on any atom is 0.227 e. The summed E-state index contributed by atoms with van der Waals surface area (Å²) in [6.45, 7) is 0. The summed E-state index contributed by atoms with van der Waals surface area (Å²) < 4.78 is 0.946. The van der Waals surface area contributed by atoms with Crippen LogP contribution in [-0.4, -0.2) is 10.9 Å². The molecule has 1 heterocycles. The molecule has 3 rings (SSSR count). The first-order chi connectivity index (χ1) is 7.75. The molecular formula is C11H9ClN2OS. The van der Waals surface area contributed by atoms with E-state index in [-0.39, 0.29) is 11.8 Å². The van der Waals surface area contributed by atoms with Crippen molar-refractivity contribution < 1.29 is 4.79 Å². The van der Waals surface area contributed by atoms with Crippen molar-refractivity contribution in [1.82, 2.24) is 4.98 Å². The number of rotatable bonds is 2. The number of amides is 1. The van der Waals surface area contributed by atoms with E-state index in [0.29, 0.717) is 5.02 Å². The molecule has 0 spiro atoms. The van der Waals surface area contributed by atoms with Crippen LogP contribution in [0.5, 0.6) is 0 Å². The van der Waals surface area contributed by atoms with Gasteiger partial charge in [-0.2, -0.15) is 0 Å². The second-order valence-electron chi connectivity index (χ2n) is 3.89. The van der Waals surface area contributed by atoms with Gasteiger partial charge in [-0.25, -0.2) is 4.98 Å². The summed E-state index contributed by atoms with van der Waals surface area (Å²) in [4.78, 5) is 15.8. The zero-order valence-corrected chi connectivity index (χ0v) is 9.94. The van der Waals surface area contributed by atoms with Crippen LogP contribution in [0.4, 0.5) is 5.69 Å². The van der Waals surface area contributed by atoms with Gasteiger partial charge >= 0.3 is 0 Å². The number of halogens is 1. The van der Waals surface area contributed by atoms with E-state index in [2.05, 4.69) is 10.3 Å². The fourth-order valence-corrected chi connectivity index (χ4v) is 2.64. The molecule has 3 nitrogen and oxygen atoms in total. The molecule has 1 saturated carbocycles. The molecule has 1 N–H and O–H groups in total. The predicted octanol–water partition coefficient (Wildman–Crippen LogP) is 3.30. The van der Waals surface area contributed by atoms with Crippen molar-refractivity contribution in [2.24, 2.45) is 5.92 Å². The second-order valence-corrected chi connectivity index (χ2v) is 5.15. The molecule has 16 heavy (non-hydrogen) atoms. The summed E-state index contributed by atoms with van der Waals surface area (Å²) in [5.74, 6) is 0.315. The molecule has 0 radical (unpaired) electrons. The summed E-state index contributed by atoms with van der Waals surface area (Å²) in [7, 11) is 0. The molecule has 5 heteroatoms. The lowest BCUT2D eigenvalue weighted by Crippen LogP contribution is -2.13. The van der Waals surface area contributed by atoms with Gasteiger partial charge < -0.3 is 5.32 Å². The van der Waals surface area contributed by atoms with Crippen molar-refractivity contribution >= 4 is 44.7 Å². The molecule has 0 saturated heterocycles. The molecule has 1 aliphatic rings. The highest BCUT2D eigenvalue weighted by molar-refractivity contribution is 7.17. The standard InChI is InChI=1S/C11H9ClN2OS/c12-7-3-4-8(10-9(7)13-5-16-10)14-11(15)6-1-2-6/h3-6H,1-2H2,(H,14,15). The number of thiazole rings is 1. The Morgan fingerprint density at radius 1 is 1.50 bits per heavy atom. The van der Waals surface area contributed by atoms with Crippen LogP contribution in [0, 0.1) is 5.92 Å². The van der Waals surface area contributed by atoms with Gasteiger partial charge in [0.1, 0.15) is 5.52 Å². The minimum Gasteiger partial charge on any atom is -0.325 e. The Morgan fingerprint density at radius 2 is 2.31 bits per heavy atom. The Bertz CT molecular complexity index is 562. The van der Waals surface area contributed by atoms with Gasteiger partial charge in [-0.1, -0.05) is 11.6 Å². The van der Waals surface area contributed by atoms with Gasteiger partial charge in [-0.3, -0.25) is 4.79 Å². The SMILES string of the molecule is O=C(Nc1ccc(Cl)c2ncsc12)C1CC1. The maximum absolute atomic E-state index is 11.7. The van der Waals surface area contributed by atoms with Crippen LogP contribution in [0.1, 0.15) is 12.8 Å². The Hall–Kier alpha value is -1.13. The molecule has 1 fully saturated rings. The van der Waals surface area contributed by atoms with Crippen LogP contribution in [-0.2, 0) is 4.79 Å². The van der Waals surface area contributed by atoms with Crippen molar-refractivity contribution in [3.8, 4) is 0 Å². The highest BCUT2D eigenvalue weighted by atomic mass is 35.5. The lowest BCUT2D eigenvalue weighted by Gasteiger charge is -2.05. The minimum atomic E-state index is 0.108. The molecule has 0 unspecified atom stereocenters. The molecule has 82 valence electrons. The average Bonchev–Trinajstić information content (AvgIpc) is 3.00. The third-order valence-electron chi connectivity index (χ3n) is 2.64. The smallest absolute Gasteiger partial charge is 0.227 e. The third-order valence-corrected chi connectivity index (χ3v) is 3.81. The number of benzene rings is 1. The zero-order chi connectivity index (χ0) is 11.1. The first kappa shape index (κ1) is 10.1. The first-order valence-electron chi connectivity index (χ1n) is 5.08. The maximum atomic E-state index is 11.7. The van der Waals surface area contributed by atoms with Crippen molar-refractivity contribution in [3.63, 3.8) is 0 Å². The number of hydrogen-bond acceptors (Lipinski definition) is 3. The van der Waals surface area contributed by atoms with Crippen LogP contribution in [0.25, 0.3) is 10.2 Å². The summed E-state index contributed by atoms with van der Waals surface area (Å²) in [6, 6.07) is 3.61. The van der Waals surface area contributed by atoms with Gasteiger partial charge in [0.05, 0.1) is 20.9 Å². The number of anilines is 1. The van der Waals surface area contributed by atoms with Gasteiger partial charge in [0.25, 0.3) is 0 Å². The Kier molecular flexibility index (Phi) is 2.33. The van der Waals surface area contributed by atoms with Gasteiger partial charge in [0.15, 0.2) is 0 Å². The normalized spacial score (nSPS) is 15.3. The fraction of sp³-hybridized carbons (Fsp3) is 0.273. The number of fused-ring (bicyclic) bond motifs is 1. The highest BCUT2D eigenvalue weighted by Gasteiger charge is 2.29. The van der Waals surface area contributed by atoms with Crippen molar-refractivity contribution in [2.45, 2.75) is 12.8 Å². The first-order valence-corrected chi connectivity index (χ1v) is 6.34. The number of nitrogens with zero attached hydrogens (tertiary/aromatic N) is 1. The van der Waals surface area contributed by atoms with E-state index in [1.165, 1.54) is 11.3 Å². The lowest BCUT2D eigenvalue weighted by molar-refractivity contribution is -0.117. The van der Waals surface area contributed by atoms with Crippen LogP contribution < -0.4 is 5.32 Å². The number of hydrogen-bond donors (Lipinski definition) is 1. The lowest BCUT2D eigenvalue weighted by atomic mass is 10.2. The Balaban J connectivity index is 1.99. The molecule has 1 aromatic carbocycles. The van der Waals surface area contributed by atoms with E-state index in [9.17, 15) is 4.79 Å². The molecule has 0 atom stereocenters. The van der Waals surface area contributed by atoms with Crippen molar-refractivity contribution in [1.29, 1.82) is 0 Å². The second kappa shape index (κ2) is 3.71. The molecule has 2 aromatic rings. The zero-order valence-electron chi connectivity index (χ0n) is 8.37. The van der Waals surface area contributed by atoms with E-state index < -0.39 is 0 Å². The molecule has 0 bridgehead atoms. The summed E-state index contributed by atoms with van der Waals surface area (Å²) in [5, 5.41) is 3.56. The predicted molar refractivity (Wildman–Crippen MR) is 66.0 cm³/mol. The quantitative estimate of drug-likeness (QED) is 0.891. The van der Waals surface area contributed by atoms with Crippen LogP contribution in [0.3, 0.4) is 0 Å². The van der Waals surface area contributed by atoms with Crippen LogP contribution in [0.2, 0.25) is 5.02 Å². The van der Waals surface area contributed by atoms with E-state index in [1.54, 1.807) is 11.6 Å². The fourth-order valence-electron chi connectivity index (χ4n) is 1.60. The van der Waals surface area contributed by atoms with Gasteiger partial charge in [-0.05, 0) is 25.0 Å². The van der Waals surface area contributed by atoms with Crippen LogP contribution >= 0.6 is 22.9 Å². The number of carbonyl (C=O) groups excluding carboxylic acids is 1. The summed E-state index contributed by atoms with van der Waals surface area (Å²) in [6.07, 6.45) is 2.01. The van der Waals surface area contributed by atoms with E-state index >= 15 is 0 Å².